The van der Waals surface area contributed by atoms with Crippen LogP contribution in [0.15, 0.2) is 23.1 Å². The average Bonchev–Trinajstić information content (AvgIpc) is 2.03. The topological polar surface area (TPSA) is 69.4 Å². The van der Waals surface area contributed by atoms with Crippen LogP contribution in [0, 0.1) is 5.82 Å². The van der Waals surface area contributed by atoms with Crippen LogP contribution in [0.25, 0.3) is 0 Å². The molecule has 0 saturated carbocycles. The number of halogens is 1. The SMILES string of the molecule is COc1ccc(F)c(S(N)(=O)=O)c1. The van der Waals surface area contributed by atoms with Gasteiger partial charge in [-0.1, -0.05) is 0 Å². The van der Waals surface area contributed by atoms with Gasteiger partial charge in [0.1, 0.15) is 16.5 Å². The quantitative estimate of drug-likeness (QED) is 0.763. The van der Waals surface area contributed by atoms with Crippen LogP contribution in [0.1, 0.15) is 0 Å². The molecule has 72 valence electrons. The molecule has 0 aliphatic rings. The number of rotatable bonds is 2. The van der Waals surface area contributed by atoms with Crippen molar-refractivity contribution >= 4 is 10.0 Å². The van der Waals surface area contributed by atoms with E-state index in [-0.39, 0.29) is 5.75 Å². The van der Waals surface area contributed by atoms with Crippen molar-refractivity contribution in [2.75, 3.05) is 7.11 Å². The van der Waals surface area contributed by atoms with Gasteiger partial charge in [0, 0.05) is 6.07 Å². The third-order valence-electron chi connectivity index (χ3n) is 1.44. The van der Waals surface area contributed by atoms with Crippen molar-refractivity contribution in [2.24, 2.45) is 5.14 Å². The highest BCUT2D eigenvalue weighted by atomic mass is 32.2. The van der Waals surface area contributed by atoms with Gasteiger partial charge in [-0.3, -0.25) is 0 Å². The van der Waals surface area contributed by atoms with Crippen molar-refractivity contribution in [3.63, 3.8) is 0 Å². The number of nitrogens with two attached hydrogens (primary N) is 1. The van der Waals surface area contributed by atoms with E-state index < -0.39 is 20.7 Å². The second kappa shape index (κ2) is 3.31. The number of primary sulfonamides is 1. The fraction of sp³-hybridized carbons (Fsp3) is 0.143. The molecular formula is C7H8FNO3S. The van der Waals surface area contributed by atoms with Crippen molar-refractivity contribution in [2.45, 2.75) is 4.90 Å². The summed E-state index contributed by atoms with van der Waals surface area (Å²) in [4.78, 5) is -0.563. The zero-order valence-electron chi connectivity index (χ0n) is 6.82. The summed E-state index contributed by atoms with van der Waals surface area (Å²) in [6, 6.07) is 3.33. The van der Waals surface area contributed by atoms with Crippen molar-refractivity contribution in [3.05, 3.63) is 24.0 Å². The molecule has 0 saturated heterocycles. The Bertz CT molecular complexity index is 416. The minimum atomic E-state index is -4.02. The van der Waals surface area contributed by atoms with Crippen molar-refractivity contribution in [1.82, 2.24) is 0 Å². The Hall–Kier alpha value is -1.14. The molecule has 0 bridgehead atoms. The minimum Gasteiger partial charge on any atom is -0.497 e. The van der Waals surface area contributed by atoms with Crippen molar-refractivity contribution in [3.8, 4) is 5.75 Å². The summed E-state index contributed by atoms with van der Waals surface area (Å²) in [6.07, 6.45) is 0. The maximum Gasteiger partial charge on any atom is 0.241 e. The number of hydrogen-bond donors (Lipinski definition) is 1. The lowest BCUT2D eigenvalue weighted by Crippen LogP contribution is -2.14. The van der Waals surface area contributed by atoms with E-state index in [1.165, 1.54) is 13.2 Å². The number of sulfonamides is 1. The predicted molar refractivity (Wildman–Crippen MR) is 44.3 cm³/mol. The molecule has 13 heavy (non-hydrogen) atoms. The van der Waals surface area contributed by atoms with E-state index in [0.29, 0.717) is 0 Å². The zero-order chi connectivity index (χ0) is 10.1. The van der Waals surface area contributed by atoms with Gasteiger partial charge in [-0.15, -0.1) is 0 Å². The van der Waals surface area contributed by atoms with Gasteiger partial charge in [0.25, 0.3) is 0 Å². The Kier molecular flexibility index (Phi) is 2.53. The molecule has 0 radical (unpaired) electrons. The monoisotopic (exact) mass is 205 g/mol. The molecule has 4 nitrogen and oxygen atoms in total. The third kappa shape index (κ3) is 2.16. The highest BCUT2D eigenvalue weighted by Crippen LogP contribution is 2.19. The summed E-state index contributed by atoms with van der Waals surface area (Å²) >= 11 is 0. The summed E-state index contributed by atoms with van der Waals surface area (Å²) in [5.41, 5.74) is 0. The number of benzene rings is 1. The van der Waals surface area contributed by atoms with Crippen LogP contribution in [-0.2, 0) is 10.0 Å². The molecule has 0 spiro atoms. The summed E-state index contributed by atoms with van der Waals surface area (Å²) in [7, 11) is -2.67. The van der Waals surface area contributed by atoms with Gasteiger partial charge in [-0.25, -0.2) is 17.9 Å². The average molecular weight is 205 g/mol. The fourth-order valence-electron chi connectivity index (χ4n) is 0.829. The molecule has 0 aromatic heterocycles. The van der Waals surface area contributed by atoms with Crippen LogP contribution >= 0.6 is 0 Å². The molecule has 6 heteroatoms. The third-order valence-corrected chi connectivity index (χ3v) is 2.37. The van der Waals surface area contributed by atoms with Crippen LogP contribution in [0.5, 0.6) is 5.75 Å². The maximum absolute atomic E-state index is 12.9. The first-order valence-electron chi connectivity index (χ1n) is 3.31. The lowest BCUT2D eigenvalue weighted by atomic mass is 10.3. The smallest absolute Gasteiger partial charge is 0.241 e. The largest absolute Gasteiger partial charge is 0.497 e. The van der Waals surface area contributed by atoms with Gasteiger partial charge in [-0.05, 0) is 12.1 Å². The second-order valence-corrected chi connectivity index (χ2v) is 3.87. The van der Waals surface area contributed by atoms with Gasteiger partial charge in [0.05, 0.1) is 7.11 Å². The summed E-state index contributed by atoms with van der Waals surface area (Å²) < 4.78 is 39.2. The van der Waals surface area contributed by atoms with Crippen LogP contribution in [0.4, 0.5) is 4.39 Å². The number of hydrogen-bond acceptors (Lipinski definition) is 3. The van der Waals surface area contributed by atoms with Gasteiger partial charge in [-0.2, -0.15) is 0 Å². The van der Waals surface area contributed by atoms with Gasteiger partial charge < -0.3 is 4.74 Å². The minimum absolute atomic E-state index is 0.241. The van der Waals surface area contributed by atoms with E-state index in [2.05, 4.69) is 0 Å². The van der Waals surface area contributed by atoms with E-state index in [1.54, 1.807) is 0 Å². The molecule has 0 unspecified atom stereocenters. The van der Waals surface area contributed by atoms with Gasteiger partial charge in [0.15, 0.2) is 0 Å². The Labute approximate surface area is 75.2 Å². The highest BCUT2D eigenvalue weighted by Gasteiger charge is 2.14. The van der Waals surface area contributed by atoms with Gasteiger partial charge >= 0.3 is 0 Å². The van der Waals surface area contributed by atoms with Crippen LogP contribution < -0.4 is 9.88 Å². The fourth-order valence-corrected chi connectivity index (χ4v) is 1.45. The van der Waals surface area contributed by atoms with E-state index >= 15 is 0 Å². The Balaban J connectivity index is 3.36. The van der Waals surface area contributed by atoms with Crippen molar-refractivity contribution < 1.29 is 17.5 Å². The molecule has 1 rings (SSSR count). The molecule has 2 N–H and O–H groups in total. The van der Waals surface area contributed by atoms with Crippen LogP contribution in [-0.4, -0.2) is 15.5 Å². The van der Waals surface area contributed by atoms with E-state index in [0.717, 1.165) is 12.1 Å². The Morgan fingerprint density at radius 1 is 1.46 bits per heavy atom. The Morgan fingerprint density at radius 3 is 2.54 bits per heavy atom. The molecule has 0 fully saturated rings. The van der Waals surface area contributed by atoms with Crippen LogP contribution in [0.2, 0.25) is 0 Å². The van der Waals surface area contributed by atoms with E-state index in [4.69, 9.17) is 9.88 Å². The molecule has 1 aromatic carbocycles. The zero-order valence-corrected chi connectivity index (χ0v) is 7.64. The molecular weight excluding hydrogens is 197 g/mol. The first-order valence-corrected chi connectivity index (χ1v) is 4.86. The molecule has 0 heterocycles. The summed E-state index contributed by atoms with van der Waals surface area (Å²) in [5, 5.41) is 4.76. The van der Waals surface area contributed by atoms with E-state index in [9.17, 15) is 12.8 Å². The van der Waals surface area contributed by atoms with E-state index in [1.807, 2.05) is 0 Å². The lowest BCUT2D eigenvalue weighted by molar-refractivity contribution is 0.411. The molecule has 0 atom stereocenters. The first-order chi connectivity index (χ1) is 5.95. The molecule has 0 amide bonds. The highest BCUT2D eigenvalue weighted by molar-refractivity contribution is 7.89. The number of ether oxygens (including phenoxy) is 1. The standard InChI is InChI=1S/C7H8FNO3S/c1-12-5-2-3-6(8)7(4-5)13(9,10)11/h2-4H,1H3,(H2,9,10,11). The van der Waals surface area contributed by atoms with Crippen molar-refractivity contribution in [1.29, 1.82) is 0 Å². The normalized spacial score (nSPS) is 11.3. The lowest BCUT2D eigenvalue weighted by Gasteiger charge is -2.03. The first kappa shape index (κ1) is 9.94. The Morgan fingerprint density at radius 2 is 2.08 bits per heavy atom. The van der Waals surface area contributed by atoms with Gasteiger partial charge in [0.2, 0.25) is 10.0 Å². The number of methoxy groups -OCH3 is 1. The summed E-state index contributed by atoms with van der Waals surface area (Å²) in [6.45, 7) is 0. The molecule has 1 aromatic rings. The molecule has 0 aliphatic heterocycles. The second-order valence-electron chi connectivity index (χ2n) is 2.34. The maximum atomic E-state index is 12.9. The summed E-state index contributed by atoms with van der Waals surface area (Å²) in [5.74, 6) is -0.645. The van der Waals surface area contributed by atoms with Crippen LogP contribution in [0.3, 0.4) is 0 Å². The predicted octanol–water partition coefficient (Wildman–Crippen LogP) is 0.482. The molecule has 0 aliphatic carbocycles.